The number of nitrogens with one attached hydrogen (secondary N) is 1. The molecule has 21 heavy (non-hydrogen) atoms. The molecule has 0 atom stereocenters. The number of nitrogens with two attached hydrogens (primary N) is 1. The maximum Gasteiger partial charge on any atom is 0.147 e. The first-order chi connectivity index (χ1) is 10.2. The summed E-state index contributed by atoms with van der Waals surface area (Å²) in [6.07, 6.45) is 2.82. The van der Waals surface area contributed by atoms with Crippen LogP contribution in [0.15, 0.2) is 42.6 Å². The van der Waals surface area contributed by atoms with E-state index >= 15 is 0 Å². The lowest BCUT2D eigenvalue weighted by atomic mass is 10.1. The Labute approximate surface area is 127 Å². The number of hydrogen-bond donors (Lipinski definition) is 2. The smallest absolute Gasteiger partial charge is 0.147 e. The lowest BCUT2D eigenvalue weighted by Crippen LogP contribution is -2.05. The van der Waals surface area contributed by atoms with Crippen LogP contribution < -0.4 is 11.1 Å². The van der Waals surface area contributed by atoms with Crippen LogP contribution in [0.1, 0.15) is 5.69 Å². The zero-order valence-electron chi connectivity index (χ0n) is 11.8. The summed E-state index contributed by atoms with van der Waals surface area (Å²) in [5.74, 6) is 0.575. The summed E-state index contributed by atoms with van der Waals surface area (Å²) in [4.78, 5) is 0. The molecule has 2 aromatic heterocycles. The molecule has 0 radical (unpaired) electrons. The number of nitrogen functional groups attached to an aromatic ring is 1. The monoisotopic (exact) mass is 299 g/mol. The van der Waals surface area contributed by atoms with Gasteiger partial charge < -0.3 is 11.1 Å². The Bertz CT molecular complexity index is 717. The van der Waals surface area contributed by atoms with Crippen LogP contribution in [0, 0.1) is 0 Å². The van der Waals surface area contributed by atoms with Crippen LogP contribution in [-0.2, 0) is 13.5 Å². The topological polar surface area (TPSA) is 68.8 Å². The highest BCUT2D eigenvalue weighted by atomic mass is 32.1. The Balaban J connectivity index is 1.72. The molecule has 0 unspecified atom stereocenters. The van der Waals surface area contributed by atoms with E-state index in [9.17, 15) is 0 Å². The highest BCUT2D eigenvalue weighted by molar-refractivity contribution is 7.11. The fraction of sp³-hybridized carbons (Fsp3) is 0.200. The van der Waals surface area contributed by atoms with E-state index in [1.165, 1.54) is 11.5 Å². The number of rotatable bonds is 5. The number of nitrogens with zero attached hydrogens (tertiary/aromatic N) is 3. The Kier molecular flexibility index (Phi) is 3.87. The normalized spacial score (nSPS) is 10.7. The van der Waals surface area contributed by atoms with E-state index in [-0.39, 0.29) is 0 Å². The van der Waals surface area contributed by atoms with Crippen molar-refractivity contribution in [3.63, 3.8) is 0 Å². The summed E-state index contributed by atoms with van der Waals surface area (Å²) in [5, 5.41) is 8.79. The van der Waals surface area contributed by atoms with Crippen LogP contribution >= 0.6 is 11.5 Å². The van der Waals surface area contributed by atoms with E-state index in [1.807, 2.05) is 54.3 Å². The minimum atomic E-state index is 0.575. The van der Waals surface area contributed by atoms with Gasteiger partial charge in [-0.15, -0.1) is 0 Å². The van der Waals surface area contributed by atoms with Gasteiger partial charge in [0.05, 0.1) is 11.3 Å². The molecule has 0 spiro atoms. The highest BCUT2D eigenvalue weighted by Gasteiger charge is 2.13. The maximum atomic E-state index is 6.00. The van der Waals surface area contributed by atoms with Crippen LogP contribution in [0.4, 0.5) is 10.8 Å². The predicted molar refractivity (Wildman–Crippen MR) is 87.4 cm³/mol. The average Bonchev–Trinajstić information content (AvgIpc) is 3.06. The van der Waals surface area contributed by atoms with E-state index in [2.05, 4.69) is 14.8 Å². The van der Waals surface area contributed by atoms with Crippen molar-refractivity contribution >= 4 is 22.4 Å². The molecule has 0 aliphatic heterocycles. The zero-order chi connectivity index (χ0) is 14.7. The van der Waals surface area contributed by atoms with Crippen LogP contribution in [0.3, 0.4) is 0 Å². The van der Waals surface area contributed by atoms with Gasteiger partial charge in [-0.2, -0.15) is 9.47 Å². The molecule has 0 aliphatic carbocycles. The molecular formula is C15H17N5S. The van der Waals surface area contributed by atoms with Crippen LogP contribution in [0.2, 0.25) is 0 Å². The molecule has 0 fully saturated rings. The van der Waals surface area contributed by atoms with Gasteiger partial charge in [-0.3, -0.25) is 4.68 Å². The Hall–Kier alpha value is -2.34. The van der Waals surface area contributed by atoms with E-state index in [4.69, 9.17) is 5.73 Å². The predicted octanol–water partition coefficient (Wildman–Crippen LogP) is 2.78. The molecule has 0 aliphatic rings. The Morgan fingerprint density at radius 1 is 1.24 bits per heavy atom. The fourth-order valence-corrected chi connectivity index (χ4v) is 2.97. The Morgan fingerprint density at radius 2 is 2.05 bits per heavy atom. The second-order valence-corrected chi connectivity index (χ2v) is 5.57. The lowest BCUT2D eigenvalue weighted by Gasteiger charge is -2.06. The molecule has 1 aromatic carbocycles. The molecule has 0 saturated heterocycles. The number of anilines is 2. The first-order valence-electron chi connectivity index (χ1n) is 6.77. The van der Waals surface area contributed by atoms with Gasteiger partial charge in [0.25, 0.3) is 0 Å². The second kappa shape index (κ2) is 5.97. The van der Waals surface area contributed by atoms with Crippen LogP contribution in [0.25, 0.3) is 11.1 Å². The Morgan fingerprint density at radius 3 is 2.76 bits per heavy atom. The van der Waals surface area contributed by atoms with Crippen molar-refractivity contribution in [3.8, 4) is 11.1 Å². The third kappa shape index (κ3) is 3.05. The standard InChI is InChI=1S/C15H17N5S/c1-20-10-8-12(18-20)7-9-17-15-13(14(16)19-21-15)11-5-3-2-4-6-11/h2-6,8,10,17H,7,9H2,1H3,(H2,16,19). The molecule has 3 aromatic rings. The van der Waals surface area contributed by atoms with Gasteiger partial charge in [-0.05, 0) is 23.2 Å². The van der Waals surface area contributed by atoms with Gasteiger partial charge in [-0.25, -0.2) is 0 Å². The van der Waals surface area contributed by atoms with Gasteiger partial charge in [0.1, 0.15) is 10.8 Å². The first kappa shape index (κ1) is 13.6. The minimum absolute atomic E-state index is 0.575. The van der Waals surface area contributed by atoms with Crippen molar-refractivity contribution in [1.82, 2.24) is 14.2 Å². The molecule has 0 amide bonds. The number of aromatic nitrogens is 3. The van der Waals surface area contributed by atoms with E-state index in [1.54, 1.807) is 0 Å². The third-order valence-electron chi connectivity index (χ3n) is 3.22. The first-order valence-corrected chi connectivity index (χ1v) is 7.54. The van der Waals surface area contributed by atoms with Gasteiger partial charge in [0, 0.05) is 26.2 Å². The van der Waals surface area contributed by atoms with Gasteiger partial charge in [0.15, 0.2) is 0 Å². The van der Waals surface area contributed by atoms with Crippen molar-refractivity contribution in [3.05, 3.63) is 48.3 Å². The van der Waals surface area contributed by atoms with Crippen molar-refractivity contribution < 1.29 is 0 Å². The summed E-state index contributed by atoms with van der Waals surface area (Å²) < 4.78 is 6.07. The summed E-state index contributed by atoms with van der Waals surface area (Å²) in [6.45, 7) is 0.804. The summed E-state index contributed by atoms with van der Waals surface area (Å²) in [5.41, 5.74) is 9.15. The molecule has 6 heteroatoms. The zero-order valence-corrected chi connectivity index (χ0v) is 12.6. The largest absolute Gasteiger partial charge is 0.382 e. The molecule has 3 rings (SSSR count). The number of aryl methyl sites for hydroxylation is 1. The van der Waals surface area contributed by atoms with Gasteiger partial charge >= 0.3 is 0 Å². The number of benzene rings is 1. The summed E-state index contributed by atoms with van der Waals surface area (Å²) in [6, 6.07) is 12.1. The number of hydrogen-bond acceptors (Lipinski definition) is 5. The van der Waals surface area contributed by atoms with Crippen molar-refractivity contribution in [2.24, 2.45) is 7.05 Å². The summed E-state index contributed by atoms with van der Waals surface area (Å²) in [7, 11) is 1.92. The third-order valence-corrected chi connectivity index (χ3v) is 4.04. The van der Waals surface area contributed by atoms with E-state index < -0.39 is 0 Å². The molecule has 0 bridgehead atoms. The van der Waals surface area contributed by atoms with E-state index in [0.29, 0.717) is 5.82 Å². The maximum absolute atomic E-state index is 6.00. The molecule has 5 nitrogen and oxygen atoms in total. The SMILES string of the molecule is Cn1ccc(CCNc2snc(N)c2-c2ccccc2)n1. The quantitative estimate of drug-likeness (QED) is 0.760. The van der Waals surface area contributed by atoms with Crippen molar-refractivity contribution in [2.45, 2.75) is 6.42 Å². The summed E-state index contributed by atoms with van der Waals surface area (Å²) >= 11 is 1.40. The van der Waals surface area contributed by atoms with Crippen LogP contribution in [0.5, 0.6) is 0 Å². The highest BCUT2D eigenvalue weighted by Crippen LogP contribution is 2.36. The molecule has 3 N–H and O–H groups in total. The van der Waals surface area contributed by atoms with Crippen LogP contribution in [-0.4, -0.2) is 20.7 Å². The van der Waals surface area contributed by atoms with Crippen molar-refractivity contribution in [2.75, 3.05) is 17.6 Å². The molecule has 0 saturated carbocycles. The van der Waals surface area contributed by atoms with Gasteiger partial charge in [0.2, 0.25) is 0 Å². The second-order valence-electron chi connectivity index (χ2n) is 4.80. The molecule has 2 heterocycles. The van der Waals surface area contributed by atoms with Gasteiger partial charge in [-0.1, -0.05) is 30.3 Å². The van der Waals surface area contributed by atoms with E-state index in [0.717, 1.165) is 34.8 Å². The molecule has 108 valence electrons. The van der Waals surface area contributed by atoms with Crippen molar-refractivity contribution in [1.29, 1.82) is 0 Å². The minimum Gasteiger partial charge on any atom is -0.382 e. The fourth-order valence-electron chi connectivity index (χ4n) is 2.21. The lowest BCUT2D eigenvalue weighted by molar-refractivity contribution is 0.742. The molecular weight excluding hydrogens is 282 g/mol. The average molecular weight is 299 g/mol.